The predicted molar refractivity (Wildman–Crippen MR) is 78.4 cm³/mol. The molecule has 1 N–H and O–H groups in total. The van der Waals surface area contributed by atoms with Gasteiger partial charge >= 0.3 is 0 Å². The standard InChI is InChI=1S/C17H19N/c1-2-15-9-6-10-16(13-15)11-12-18-14-17-7-4-3-5-8-17/h2-10,13,18H,1,11-12,14H2. The molecule has 0 aliphatic heterocycles. The van der Waals surface area contributed by atoms with E-state index in [2.05, 4.69) is 60.4 Å². The number of nitrogens with one attached hydrogen (secondary N) is 1. The van der Waals surface area contributed by atoms with Gasteiger partial charge in [0, 0.05) is 6.54 Å². The van der Waals surface area contributed by atoms with Crippen LogP contribution in [0.3, 0.4) is 0 Å². The van der Waals surface area contributed by atoms with Crippen LogP contribution < -0.4 is 5.32 Å². The second-order valence-corrected chi connectivity index (χ2v) is 4.36. The lowest BCUT2D eigenvalue weighted by atomic mass is 10.1. The minimum atomic E-state index is 0.933. The topological polar surface area (TPSA) is 12.0 Å². The van der Waals surface area contributed by atoms with E-state index in [1.807, 2.05) is 12.1 Å². The fourth-order valence-electron chi connectivity index (χ4n) is 1.94. The van der Waals surface area contributed by atoms with Crippen molar-refractivity contribution in [2.75, 3.05) is 6.54 Å². The maximum absolute atomic E-state index is 3.79. The summed E-state index contributed by atoms with van der Waals surface area (Å²) < 4.78 is 0. The Bertz CT molecular complexity index is 488. The molecule has 0 fully saturated rings. The zero-order valence-corrected chi connectivity index (χ0v) is 10.6. The second-order valence-electron chi connectivity index (χ2n) is 4.36. The fraction of sp³-hybridized carbons (Fsp3) is 0.176. The van der Waals surface area contributed by atoms with E-state index in [4.69, 9.17) is 0 Å². The Morgan fingerprint density at radius 1 is 0.944 bits per heavy atom. The average molecular weight is 237 g/mol. The molecule has 18 heavy (non-hydrogen) atoms. The molecule has 1 nitrogen and oxygen atoms in total. The van der Waals surface area contributed by atoms with Gasteiger partial charge in [0.05, 0.1) is 0 Å². The summed E-state index contributed by atoms with van der Waals surface area (Å²) in [7, 11) is 0. The van der Waals surface area contributed by atoms with Gasteiger partial charge in [0.25, 0.3) is 0 Å². The van der Waals surface area contributed by atoms with E-state index >= 15 is 0 Å². The summed E-state index contributed by atoms with van der Waals surface area (Å²) in [6.07, 6.45) is 2.94. The highest BCUT2D eigenvalue weighted by Crippen LogP contribution is 2.06. The fourth-order valence-corrected chi connectivity index (χ4v) is 1.94. The normalized spacial score (nSPS) is 10.2. The van der Waals surface area contributed by atoms with Crippen LogP contribution in [0.5, 0.6) is 0 Å². The predicted octanol–water partition coefficient (Wildman–Crippen LogP) is 3.66. The van der Waals surface area contributed by atoms with Crippen LogP contribution in [-0.2, 0) is 13.0 Å². The van der Waals surface area contributed by atoms with Gasteiger partial charge < -0.3 is 5.32 Å². The lowest BCUT2D eigenvalue weighted by molar-refractivity contribution is 0.687. The van der Waals surface area contributed by atoms with Gasteiger partial charge in [-0.3, -0.25) is 0 Å². The summed E-state index contributed by atoms with van der Waals surface area (Å²) in [5.41, 5.74) is 3.88. The van der Waals surface area contributed by atoms with Crippen LogP contribution >= 0.6 is 0 Å². The van der Waals surface area contributed by atoms with Gasteiger partial charge in [-0.2, -0.15) is 0 Å². The van der Waals surface area contributed by atoms with Crippen molar-refractivity contribution in [1.29, 1.82) is 0 Å². The van der Waals surface area contributed by atoms with Gasteiger partial charge in [-0.15, -0.1) is 0 Å². The SMILES string of the molecule is C=Cc1cccc(CCNCc2ccccc2)c1. The zero-order valence-electron chi connectivity index (χ0n) is 10.6. The molecule has 0 heterocycles. The van der Waals surface area contributed by atoms with Crippen LogP contribution in [0.4, 0.5) is 0 Å². The first-order chi connectivity index (χ1) is 8.88. The van der Waals surface area contributed by atoms with Crippen molar-refractivity contribution >= 4 is 6.08 Å². The third-order valence-corrected chi connectivity index (χ3v) is 2.95. The molecule has 2 aromatic rings. The highest BCUT2D eigenvalue weighted by Gasteiger charge is 1.95. The van der Waals surface area contributed by atoms with Gasteiger partial charge in [-0.1, -0.05) is 67.3 Å². The Kier molecular flexibility index (Phi) is 4.74. The van der Waals surface area contributed by atoms with Crippen molar-refractivity contribution in [3.8, 4) is 0 Å². The van der Waals surface area contributed by atoms with Crippen LogP contribution in [0.1, 0.15) is 16.7 Å². The van der Waals surface area contributed by atoms with Gasteiger partial charge in [-0.25, -0.2) is 0 Å². The molecule has 0 radical (unpaired) electrons. The van der Waals surface area contributed by atoms with Gasteiger partial charge in [0.15, 0.2) is 0 Å². The van der Waals surface area contributed by atoms with E-state index in [-0.39, 0.29) is 0 Å². The summed E-state index contributed by atoms with van der Waals surface area (Å²) in [6, 6.07) is 19.0. The third-order valence-electron chi connectivity index (χ3n) is 2.95. The van der Waals surface area contributed by atoms with Crippen LogP contribution in [0.25, 0.3) is 6.08 Å². The zero-order chi connectivity index (χ0) is 12.6. The number of hydrogen-bond acceptors (Lipinski definition) is 1. The molecule has 0 aliphatic carbocycles. The molecule has 1 heteroatoms. The quantitative estimate of drug-likeness (QED) is 0.756. The first-order valence-electron chi connectivity index (χ1n) is 6.34. The van der Waals surface area contributed by atoms with Gasteiger partial charge in [-0.05, 0) is 29.7 Å². The van der Waals surface area contributed by atoms with Crippen molar-refractivity contribution in [1.82, 2.24) is 5.32 Å². The molecule has 0 unspecified atom stereocenters. The molecule has 2 rings (SSSR count). The summed E-state index contributed by atoms with van der Waals surface area (Å²) in [4.78, 5) is 0. The van der Waals surface area contributed by atoms with E-state index < -0.39 is 0 Å². The smallest absolute Gasteiger partial charge is 0.0205 e. The molecule has 2 aromatic carbocycles. The minimum Gasteiger partial charge on any atom is -0.312 e. The van der Waals surface area contributed by atoms with Crippen molar-refractivity contribution in [3.63, 3.8) is 0 Å². The second kappa shape index (κ2) is 6.77. The van der Waals surface area contributed by atoms with E-state index in [1.54, 1.807) is 0 Å². The summed E-state index contributed by atoms with van der Waals surface area (Å²) >= 11 is 0. The van der Waals surface area contributed by atoms with Crippen molar-refractivity contribution in [3.05, 3.63) is 77.9 Å². The van der Waals surface area contributed by atoms with Gasteiger partial charge in [0.2, 0.25) is 0 Å². The lowest BCUT2D eigenvalue weighted by Crippen LogP contribution is -2.16. The average Bonchev–Trinajstić information content (AvgIpc) is 2.45. The van der Waals surface area contributed by atoms with E-state index in [0.717, 1.165) is 19.5 Å². The molecule has 0 saturated carbocycles. The van der Waals surface area contributed by atoms with Crippen LogP contribution in [0.2, 0.25) is 0 Å². The van der Waals surface area contributed by atoms with E-state index in [9.17, 15) is 0 Å². The highest BCUT2D eigenvalue weighted by molar-refractivity contribution is 5.47. The van der Waals surface area contributed by atoms with Crippen molar-refractivity contribution in [2.24, 2.45) is 0 Å². The molecule has 0 saturated heterocycles. The molecule has 92 valence electrons. The van der Waals surface area contributed by atoms with Crippen molar-refractivity contribution in [2.45, 2.75) is 13.0 Å². The Morgan fingerprint density at radius 3 is 2.50 bits per heavy atom. The Labute approximate surface area is 109 Å². The first kappa shape index (κ1) is 12.6. The molecular formula is C17H19N. The van der Waals surface area contributed by atoms with E-state index in [0.29, 0.717) is 0 Å². The number of benzene rings is 2. The largest absolute Gasteiger partial charge is 0.312 e. The maximum atomic E-state index is 3.79. The van der Waals surface area contributed by atoms with Crippen molar-refractivity contribution < 1.29 is 0 Å². The van der Waals surface area contributed by atoms with Crippen LogP contribution in [0.15, 0.2) is 61.2 Å². The molecule has 0 bridgehead atoms. The van der Waals surface area contributed by atoms with Crippen LogP contribution in [-0.4, -0.2) is 6.54 Å². The van der Waals surface area contributed by atoms with Gasteiger partial charge in [0.1, 0.15) is 0 Å². The summed E-state index contributed by atoms with van der Waals surface area (Å²) in [5, 5.41) is 3.46. The third kappa shape index (κ3) is 3.86. The minimum absolute atomic E-state index is 0.933. The molecule has 0 aromatic heterocycles. The summed E-state index contributed by atoms with van der Waals surface area (Å²) in [5.74, 6) is 0. The number of hydrogen-bond donors (Lipinski definition) is 1. The first-order valence-corrected chi connectivity index (χ1v) is 6.34. The van der Waals surface area contributed by atoms with Crippen LogP contribution in [0, 0.1) is 0 Å². The molecule has 0 atom stereocenters. The maximum Gasteiger partial charge on any atom is 0.0205 e. The molecule has 0 aliphatic rings. The summed E-state index contributed by atoms with van der Waals surface area (Å²) in [6.45, 7) is 5.72. The number of rotatable bonds is 6. The Morgan fingerprint density at radius 2 is 1.72 bits per heavy atom. The lowest BCUT2D eigenvalue weighted by Gasteiger charge is -2.05. The molecule has 0 amide bonds. The highest BCUT2D eigenvalue weighted by atomic mass is 14.8. The van der Waals surface area contributed by atoms with E-state index in [1.165, 1.54) is 16.7 Å². The monoisotopic (exact) mass is 237 g/mol. The Hall–Kier alpha value is -1.86. The Balaban J connectivity index is 1.76. The molecular weight excluding hydrogens is 218 g/mol. The molecule has 0 spiro atoms.